The molecule has 2 aromatic rings. The number of methoxy groups -OCH3 is 2. The third-order valence-electron chi connectivity index (χ3n) is 2.70. The minimum absolute atomic E-state index is 0.432. The topological polar surface area (TPSA) is 69.4 Å². The molecule has 2 rings (SSSR count). The number of hydrogen-bond donors (Lipinski definition) is 1. The van der Waals surface area contributed by atoms with Gasteiger partial charge in [-0.1, -0.05) is 5.16 Å². The van der Waals surface area contributed by atoms with Crippen LogP contribution in [0.3, 0.4) is 0 Å². The van der Waals surface area contributed by atoms with Gasteiger partial charge < -0.3 is 19.3 Å². The van der Waals surface area contributed by atoms with E-state index >= 15 is 0 Å². The van der Waals surface area contributed by atoms with Crippen molar-refractivity contribution in [1.82, 2.24) is 15.5 Å². The molecule has 6 heteroatoms. The molecule has 0 aliphatic carbocycles. The van der Waals surface area contributed by atoms with Gasteiger partial charge in [-0.25, -0.2) is 0 Å². The molecule has 0 spiro atoms. The van der Waals surface area contributed by atoms with Crippen molar-refractivity contribution < 1.29 is 14.0 Å². The first-order valence-corrected chi connectivity index (χ1v) is 5.98. The van der Waals surface area contributed by atoms with Gasteiger partial charge in [0.25, 0.3) is 5.89 Å². The Labute approximate surface area is 111 Å². The zero-order valence-electron chi connectivity index (χ0n) is 11.3. The van der Waals surface area contributed by atoms with Crippen molar-refractivity contribution in [2.75, 3.05) is 27.8 Å². The Hall–Kier alpha value is -2.08. The van der Waals surface area contributed by atoms with Gasteiger partial charge in [0.15, 0.2) is 5.82 Å². The highest BCUT2D eigenvalue weighted by Crippen LogP contribution is 2.32. The number of ether oxygens (including phenoxy) is 2. The largest absolute Gasteiger partial charge is 0.497 e. The summed E-state index contributed by atoms with van der Waals surface area (Å²) in [7, 11) is 5.09. The predicted molar refractivity (Wildman–Crippen MR) is 70.5 cm³/mol. The molecular formula is C13H17N3O3. The van der Waals surface area contributed by atoms with Crippen LogP contribution in [-0.4, -0.2) is 38.0 Å². The average Bonchev–Trinajstić information content (AvgIpc) is 2.93. The Balaban J connectivity index is 2.31. The van der Waals surface area contributed by atoms with Crippen LogP contribution in [0.1, 0.15) is 5.82 Å². The molecular weight excluding hydrogens is 246 g/mol. The molecule has 0 aliphatic heterocycles. The van der Waals surface area contributed by atoms with E-state index in [1.54, 1.807) is 14.2 Å². The highest BCUT2D eigenvalue weighted by molar-refractivity contribution is 5.65. The molecule has 0 saturated carbocycles. The maximum atomic E-state index is 5.29. The van der Waals surface area contributed by atoms with Gasteiger partial charge in [-0.05, 0) is 25.2 Å². The number of rotatable bonds is 6. The van der Waals surface area contributed by atoms with E-state index in [0.717, 1.165) is 12.1 Å². The van der Waals surface area contributed by atoms with Crippen molar-refractivity contribution in [1.29, 1.82) is 0 Å². The van der Waals surface area contributed by atoms with Gasteiger partial charge in [0.1, 0.15) is 11.5 Å². The first kappa shape index (κ1) is 13.4. The van der Waals surface area contributed by atoms with Crippen LogP contribution in [-0.2, 0) is 6.42 Å². The molecule has 6 nitrogen and oxygen atoms in total. The molecule has 0 radical (unpaired) electrons. The summed E-state index contributed by atoms with van der Waals surface area (Å²) in [5.74, 6) is 2.48. The summed E-state index contributed by atoms with van der Waals surface area (Å²) in [5.41, 5.74) is 0.727. The normalized spacial score (nSPS) is 10.5. The molecule has 0 bridgehead atoms. The van der Waals surface area contributed by atoms with Crippen LogP contribution in [0.2, 0.25) is 0 Å². The Morgan fingerprint density at radius 1 is 1.26 bits per heavy atom. The predicted octanol–water partition coefficient (Wildman–Crippen LogP) is 1.52. The van der Waals surface area contributed by atoms with Gasteiger partial charge in [0.05, 0.1) is 19.8 Å². The highest BCUT2D eigenvalue weighted by atomic mass is 16.5. The molecule has 1 N–H and O–H groups in total. The molecule has 19 heavy (non-hydrogen) atoms. The lowest BCUT2D eigenvalue weighted by molar-refractivity contribution is 0.395. The second-order valence-corrected chi connectivity index (χ2v) is 3.94. The van der Waals surface area contributed by atoms with Gasteiger partial charge >= 0.3 is 0 Å². The lowest BCUT2D eigenvalue weighted by Crippen LogP contribution is -2.11. The fraction of sp³-hybridized carbons (Fsp3) is 0.385. The number of nitrogens with zero attached hydrogens (tertiary/aromatic N) is 2. The molecule has 0 atom stereocenters. The second-order valence-electron chi connectivity index (χ2n) is 3.94. The lowest BCUT2D eigenvalue weighted by Gasteiger charge is -2.06. The summed E-state index contributed by atoms with van der Waals surface area (Å²) in [5, 5.41) is 6.98. The quantitative estimate of drug-likeness (QED) is 0.852. The summed E-state index contributed by atoms with van der Waals surface area (Å²) in [6.45, 7) is 0.800. The molecule has 102 valence electrons. The summed E-state index contributed by atoms with van der Waals surface area (Å²) < 4.78 is 15.8. The van der Waals surface area contributed by atoms with Crippen LogP contribution in [0.25, 0.3) is 11.5 Å². The van der Waals surface area contributed by atoms with Crippen molar-refractivity contribution in [3.63, 3.8) is 0 Å². The van der Waals surface area contributed by atoms with E-state index in [1.807, 2.05) is 25.2 Å². The molecule has 0 fully saturated rings. The van der Waals surface area contributed by atoms with Gasteiger partial charge in [-0.2, -0.15) is 4.98 Å². The lowest BCUT2D eigenvalue weighted by atomic mass is 10.2. The van der Waals surface area contributed by atoms with Crippen molar-refractivity contribution in [2.45, 2.75) is 6.42 Å². The average molecular weight is 263 g/mol. The van der Waals surface area contributed by atoms with Gasteiger partial charge in [-0.15, -0.1) is 0 Å². The summed E-state index contributed by atoms with van der Waals surface area (Å²) in [6, 6.07) is 5.44. The van der Waals surface area contributed by atoms with Crippen LogP contribution < -0.4 is 14.8 Å². The maximum absolute atomic E-state index is 5.29. The van der Waals surface area contributed by atoms with E-state index in [0.29, 0.717) is 29.6 Å². The minimum atomic E-state index is 0.432. The van der Waals surface area contributed by atoms with E-state index in [4.69, 9.17) is 14.0 Å². The van der Waals surface area contributed by atoms with Crippen LogP contribution in [0, 0.1) is 0 Å². The fourth-order valence-electron chi connectivity index (χ4n) is 1.68. The standard InChI is InChI=1S/C13H17N3O3/c1-14-7-6-12-15-13(19-16-12)10-8-9(17-2)4-5-11(10)18-3/h4-5,8,14H,6-7H2,1-3H3. The Morgan fingerprint density at radius 2 is 2.11 bits per heavy atom. The number of likely N-dealkylation sites (N-methyl/N-ethyl adjacent to an activating group) is 1. The van der Waals surface area contributed by atoms with E-state index < -0.39 is 0 Å². The highest BCUT2D eigenvalue weighted by Gasteiger charge is 2.14. The van der Waals surface area contributed by atoms with Crippen molar-refractivity contribution in [3.05, 3.63) is 24.0 Å². The van der Waals surface area contributed by atoms with Crippen LogP contribution in [0.15, 0.2) is 22.7 Å². The number of nitrogens with one attached hydrogen (secondary N) is 1. The third-order valence-corrected chi connectivity index (χ3v) is 2.70. The summed E-state index contributed by atoms with van der Waals surface area (Å²) in [6.07, 6.45) is 0.715. The van der Waals surface area contributed by atoms with Crippen LogP contribution in [0.4, 0.5) is 0 Å². The first-order chi connectivity index (χ1) is 9.28. The SMILES string of the molecule is CNCCc1noc(-c2cc(OC)ccc2OC)n1. The van der Waals surface area contributed by atoms with Gasteiger partial charge in [0.2, 0.25) is 0 Å². The van der Waals surface area contributed by atoms with Gasteiger partial charge in [-0.3, -0.25) is 0 Å². The molecule has 0 unspecified atom stereocenters. The molecule has 1 aromatic carbocycles. The van der Waals surface area contributed by atoms with Crippen molar-refractivity contribution in [3.8, 4) is 23.0 Å². The summed E-state index contributed by atoms with van der Waals surface area (Å²) >= 11 is 0. The molecule has 0 saturated heterocycles. The minimum Gasteiger partial charge on any atom is -0.497 e. The van der Waals surface area contributed by atoms with Crippen molar-refractivity contribution in [2.24, 2.45) is 0 Å². The number of benzene rings is 1. The molecule has 0 aliphatic rings. The van der Waals surface area contributed by atoms with E-state index in [1.165, 1.54) is 0 Å². The summed E-state index contributed by atoms with van der Waals surface area (Å²) in [4.78, 5) is 4.35. The molecule has 1 heterocycles. The third kappa shape index (κ3) is 3.03. The monoisotopic (exact) mass is 263 g/mol. The Kier molecular flexibility index (Phi) is 4.35. The smallest absolute Gasteiger partial charge is 0.261 e. The second kappa shape index (κ2) is 6.19. The van der Waals surface area contributed by atoms with Gasteiger partial charge in [0, 0.05) is 13.0 Å². The zero-order chi connectivity index (χ0) is 13.7. The first-order valence-electron chi connectivity index (χ1n) is 5.98. The molecule has 1 aromatic heterocycles. The van der Waals surface area contributed by atoms with E-state index in [-0.39, 0.29) is 0 Å². The van der Waals surface area contributed by atoms with Crippen molar-refractivity contribution >= 4 is 0 Å². The Bertz CT molecular complexity index is 540. The fourth-order valence-corrected chi connectivity index (χ4v) is 1.68. The van der Waals surface area contributed by atoms with E-state index in [9.17, 15) is 0 Å². The van der Waals surface area contributed by atoms with Crippen LogP contribution >= 0.6 is 0 Å². The number of aromatic nitrogens is 2. The molecule has 0 amide bonds. The number of hydrogen-bond acceptors (Lipinski definition) is 6. The van der Waals surface area contributed by atoms with Crippen LogP contribution in [0.5, 0.6) is 11.5 Å². The maximum Gasteiger partial charge on any atom is 0.261 e. The van der Waals surface area contributed by atoms with E-state index in [2.05, 4.69) is 15.5 Å². The Morgan fingerprint density at radius 3 is 2.79 bits per heavy atom. The zero-order valence-corrected chi connectivity index (χ0v) is 11.3.